The van der Waals surface area contributed by atoms with Gasteiger partial charge in [-0.15, -0.1) is 0 Å². The first-order chi connectivity index (χ1) is 16.7. The molecule has 1 heterocycles. The Hall–Kier alpha value is -3.23. The lowest BCUT2D eigenvalue weighted by molar-refractivity contribution is -0.139. The van der Waals surface area contributed by atoms with E-state index in [2.05, 4.69) is 0 Å². The minimum Gasteiger partial charge on any atom is -0.507 e. The van der Waals surface area contributed by atoms with E-state index in [1.54, 1.807) is 30.3 Å². The maximum Gasteiger partial charge on any atom is 0.295 e. The molecule has 0 radical (unpaired) electrons. The van der Waals surface area contributed by atoms with E-state index in [0.29, 0.717) is 53.0 Å². The summed E-state index contributed by atoms with van der Waals surface area (Å²) in [4.78, 5) is 29.8. The SMILES string of the molecule is CCOc1ccc(C(O)=C2C(=O)C(=O)N(CCCN(C)C)[C@H]2c2ccc(OC)c(OC)c2)cc1Cl. The van der Waals surface area contributed by atoms with E-state index in [0.717, 1.165) is 6.54 Å². The molecule has 1 N–H and O–H groups in total. The van der Waals surface area contributed by atoms with Crippen LogP contribution >= 0.6 is 11.6 Å². The summed E-state index contributed by atoms with van der Waals surface area (Å²) in [6, 6.07) is 9.13. The Kier molecular flexibility index (Phi) is 8.64. The summed E-state index contributed by atoms with van der Waals surface area (Å²) in [5.41, 5.74) is 0.924. The highest BCUT2D eigenvalue weighted by atomic mass is 35.5. The van der Waals surface area contributed by atoms with Crippen molar-refractivity contribution in [3.63, 3.8) is 0 Å². The number of carbonyl (C=O) groups is 2. The van der Waals surface area contributed by atoms with Gasteiger partial charge in [0.2, 0.25) is 0 Å². The van der Waals surface area contributed by atoms with Gasteiger partial charge in [0.1, 0.15) is 11.5 Å². The Morgan fingerprint density at radius 1 is 1.06 bits per heavy atom. The third-order valence-corrected chi connectivity index (χ3v) is 6.07. The van der Waals surface area contributed by atoms with Gasteiger partial charge in [-0.2, -0.15) is 0 Å². The van der Waals surface area contributed by atoms with Crippen LogP contribution in [0.3, 0.4) is 0 Å². The number of hydrogen-bond acceptors (Lipinski definition) is 7. The molecule has 2 aromatic rings. The number of aliphatic hydroxyl groups is 1. The van der Waals surface area contributed by atoms with Crippen LogP contribution < -0.4 is 14.2 Å². The van der Waals surface area contributed by atoms with E-state index in [-0.39, 0.29) is 11.3 Å². The van der Waals surface area contributed by atoms with Gasteiger partial charge in [-0.1, -0.05) is 17.7 Å². The third kappa shape index (κ3) is 5.55. The zero-order valence-electron chi connectivity index (χ0n) is 20.6. The van der Waals surface area contributed by atoms with E-state index in [1.807, 2.05) is 25.9 Å². The fraction of sp³-hybridized carbons (Fsp3) is 0.385. The molecule has 8 nitrogen and oxygen atoms in total. The lowest BCUT2D eigenvalue weighted by Gasteiger charge is -2.26. The summed E-state index contributed by atoms with van der Waals surface area (Å²) < 4.78 is 16.2. The predicted molar refractivity (Wildman–Crippen MR) is 134 cm³/mol. The highest BCUT2D eigenvalue weighted by Crippen LogP contribution is 2.42. The molecule has 9 heteroatoms. The molecule has 1 aliphatic rings. The van der Waals surface area contributed by atoms with E-state index in [9.17, 15) is 14.7 Å². The standard InChI is InChI=1S/C26H31ClN2O6/c1-6-35-19-10-9-17(14-18(19)27)24(30)22-23(16-8-11-20(33-4)21(15-16)34-5)29(26(32)25(22)31)13-7-12-28(2)3/h8-11,14-15,23,30H,6-7,12-13H2,1-5H3/t23-/m0/s1. The normalized spacial score (nSPS) is 17.2. The average molecular weight is 503 g/mol. The first-order valence-electron chi connectivity index (χ1n) is 11.3. The summed E-state index contributed by atoms with van der Waals surface area (Å²) in [5, 5.41) is 11.6. The van der Waals surface area contributed by atoms with Gasteiger partial charge in [-0.25, -0.2) is 0 Å². The molecule has 0 aromatic heterocycles. The van der Waals surface area contributed by atoms with Gasteiger partial charge in [0.25, 0.3) is 11.7 Å². The topological polar surface area (TPSA) is 88.5 Å². The molecule has 0 spiro atoms. The van der Waals surface area contributed by atoms with Crippen LogP contribution in [0.25, 0.3) is 5.76 Å². The van der Waals surface area contributed by atoms with Crippen LogP contribution in [-0.4, -0.2) is 74.6 Å². The molecule has 3 rings (SSSR count). The Bertz CT molecular complexity index is 1130. The molecule has 0 saturated carbocycles. The number of carbonyl (C=O) groups excluding carboxylic acids is 2. The number of ketones is 1. The van der Waals surface area contributed by atoms with Gasteiger partial charge in [-0.3, -0.25) is 9.59 Å². The third-order valence-electron chi connectivity index (χ3n) is 5.77. The summed E-state index contributed by atoms with van der Waals surface area (Å²) in [6.45, 7) is 3.34. The zero-order chi connectivity index (χ0) is 25.7. The Labute approximate surface area is 210 Å². The van der Waals surface area contributed by atoms with Crippen LogP contribution in [0.2, 0.25) is 5.02 Å². The highest BCUT2D eigenvalue weighted by molar-refractivity contribution is 6.46. The molecular weight excluding hydrogens is 472 g/mol. The second-order valence-electron chi connectivity index (χ2n) is 8.34. The second kappa shape index (κ2) is 11.5. The zero-order valence-corrected chi connectivity index (χ0v) is 21.4. The van der Waals surface area contributed by atoms with Gasteiger partial charge in [0.05, 0.1) is 37.5 Å². The van der Waals surface area contributed by atoms with Crippen LogP contribution in [0.1, 0.15) is 30.5 Å². The number of Topliss-reactive ketones (excluding diaryl/α,β-unsaturated/α-hetero) is 1. The monoisotopic (exact) mass is 502 g/mol. The fourth-order valence-electron chi connectivity index (χ4n) is 4.11. The Balaban J connectivity index is 2.14. The van der Waals surface area contributed by atoms with Crippen LogP contribution in [0.15, 0.2) is 42.0 Å². The summed E-state index contributed by atoms with van der Waals surface area (Å²) in [7, 11) is 6.92. The average Bonchev–Trinajstić information content (AvgIpc) is 3.09. The van der Waals surface area contributed by atoms with Gasteiger partial charge < -0.3 is 29.1 Å². The number of benzene rings is 2. The van der Waals surface area contributed by atoms with Crippen LogP contribution in [-0.2, 0) is 9.59 Å². The Morgan fingerprint density at radius 3 is 2.34 bits per heavy atom. The molecule has 35 heavy (non-hydrogen) atoms. The van der Waals surface area contributed by atoms with Crippen molar-refractivity contribution < 1.29 is 28.9 Å². The number of methoxy groups -OCH3 is 2. The predicted octanol–water partition coefficient (Wildman–Crippen LogP) is 4.13. The van der Waals surface area contributed by atoms with E-state index < -0.39 is 17.7 Å². The lowest BCUT2D eigenvalue weighted by atomic mass is 9.95. The maximum atomic E-state index is 13.2. The van der Waals surface area contributed by atoms with E-state index in [1.165, 1.54) is 25.2 Å². The molecule has 0 aliphatic carbocycles. The molecule has 1 amide bonds. The van der Waals surface area contributed by atoms with Crippen molar-refractivity contribution in [1.82, 2.24) is 9.80 Å². The molecule has 2 aromatic carbocycles. The number of aliphatic hydroxyl groups excluding tert-OH is 1. The van der Waals surface area contributed by atoms with Crippen LogP contribution in [0.4, 0.5) is 0 Å². The number of halogens is 1. The number of ether oxygens (including phenoxy) is 3. The second-order valence-corrected chi connectivity index (χ2v) is 8.75. The van der Waals surface area contributed by atoms with E-state index in [4.69, 9.17) is 25.8 Å². The number of likely N-dealkylation sites (tertiary alicyclic amines) is 1. The number of nitrogens with zero attached hydrogens (tertiary/aromatic N) is 2. The lowest BCUT2D eigenvalue weighted by Crippen LogP contribution is -2.32. The quantitative estimate of drug-likeness (QED) is 0.297. The van der Waals surface area contributed by atoms with Gasteiger partial charge in [0, 0.05) is 12.1 Å². The minimum atomic E-state index is -0.803. The van der Waals surface area contributed by atoms with Crippen molar-refractivity contribution in [3.05, 3.63) is 58.1 Å². The van der Waals surface area contributed by atoms with Crippen LogP contribution in [0.5, 0.6) is 17.2 Å². The first kappa shape index (κ1) is 26.4. The largest absolute Gasteiger partial charge is 0.507 e. The molecule has 1 aliphatic heterocycles. The maximum absolute atomic E-state index is 13.2. The molecule has 188 valence electrons. The van der Waals surface area contributed by atoms with Crippen molar-refractivity contribution in [3.8, 4) is 17.2 Å². The number of amides is 1. The molecule has 0 unspecified atom stereocenters. The van der Waals surface area contributed by atoms with Crippen LogP contribution in [0, 0.1) is 0 Å². The Morgan fingerprint density at radius 2 is 1.74 bits per heavy atom. The fourth-order valence-corrected chi connectivity index (χ4v) is 4.35. The molecular formula is C26H31ClN2O6. The number of rotatable bonds is 10. The first-order valence-corrected chi connectivity index (χ1v) is 11.7. The van der Waals surface area contributed by atoms with Crippen molar-refractivity contribution in [1.29, 1.82) is 0 Å². The molecule has 0 bridgehead atoms. The van der Waals surface area contributed by atoms with Crippen molar-refractivity contribution in [2.24, 2.45) is 0 Å². The molecule has 1 atom stereocenters. The van der Waals surface area contributed by atoms with Crippen molar-refractivity contribution >= 4 is 29.1 Å². The highest BCUT2D eigenvalue weighted by Gasteiger charge is 2.46. The molecule has 1 saturated heterocycles. The number of hydrogen-bond donors (Lipinski definition) is 1. The summed E-state index contributed by atoms with van der Waals surface area (Å²) in [6.07, 6.45) is 0.652. The van der Waals surface area contributed by atoms with Gasteiger partial charge in [-0.05, 0) is 69.9 Å². The van der Waals surface area contributed by atoms with E-state index >= 15 is 0 Å². The smallest absolute Gasteiger partial charge is 0.295 e. The minimum absolute atomic E-state index is 0.00713. The molecule has 1 fully saturated rings. The van der Waals surface area contributed by atoms with Gasteiger partial charge in [0.15, 0.2) is 11.5 Å². The van der Waals surface area contributed by atoms with Gasteiger partial charge >= 0.3 is 0 Å². The van der Waals surface area contributed by atoms with Crippen molar-refractivity contribution in [2.45, 2.75) is 19.4 Å². The summed E-state index contributed by atoms with van der Waals surface area (Å²) >= 11 is 6.32. The van der Waals surface area contributed by atoms with Crippen molar-refractivity contribution in [2.75, 3.05) is 48.0 Å². The summed E-state index contributed by atoms with van der Waals surface area (Å²) in [5.74, 6) is -0.291.